The Kier molecular flexibility index (Phi) is 5.18. The molecule has 7 nitrogen and oxygen atoms in total. The molecule has 1 aliphatic rings. The van der Waals surface area contributed by atoms with Crippen LogP contribution in [0.1, 0.15) is 12.5 Å². The highest BCUT2D eigenvalue weighted by atomic mass is 32.2. The first-order chi connectivity index (χ1) is 12.8. The standard InChI is InChI=1S/C19H21N3O4S/c1-14(23)20-16-7-9-17(10-8-16)22(27(2,25)26)13-19(24)21-12-11-15-5-3-4-6-18(15)21/h3-10H,11-13H2,1-2H3,(H,20,23). The molecule has 142 valence electrons. The second kappa shape index (κ2) is 7.40. The van der Waals surface area contributed by atoms with E-state index in [9.17, 15) is 18.0 Å². The maximum atomic E-state index is 12.8. The Morgan fingerprint density at radius 3 is 2.41 bits per heavy atom. The van der Waals surface area contributed by atoms with Crippen LogP contribution in [0.2, 0.25) is 0 Å². The molecule has 0 saturated carbocycles. The predicted octanol–water partition coefficient (Wildman–Crippen LogP) is 2.00. The van der Waals surface area contributed by atoms with E-state index >= 15 is 0 Å². The number of nitrogens with one attached hydrogen (secondary N) is 1. The highest BCUT2D eigenvalue weighted by molar-refractivity contribution is 7.92. The quantitative estimate of drug-likeness (QED) is 0.850. The Labute approximate surface area is 158 Å². The number of nitrogens with zero attached hydrogens (tertiary/aromatic N) is 2. The number of hydrogen-bond donors (Lipinski definition) is 1. The van der Waals surface area contributed by atoms with E-state index in [-0.39, 0.29) is 18.4 Å². The van der Waals surface area contributed by atoms with Crippen LogP contribution in [-0.2, 0) is 26.0 Å². The first kappa shape index (κ1) is 18.9. The predicted molar refractivity (Wildman–Crippen MR) is 105 cm³/mol. The van der Waals surface area contributed by atoms with Gasteiger partial charge in [-0.15, -0.1) is 0 Å². The van der Waals surface area contributed by atoms with Crippen LogP contribution in [0.25, 0.3) is 0 Å². The number of anilines is 3. The molecule has 0 atom stereocenters. The van der Waals surface area contributed by atoms with Crippen LogP contribution < -0.4 is 14.5 Å². The third-order valence-electron chi connectivity index (χ3n) is 4.34. The molecule has 27 heavy (non-hydrogen) atoms. The molecule has 2 aromatic carbocycles. The summed E-state index contributed by atoms with van der Waals surface area (Å²) in [5.74, 6) is -0.498. The van der Waals surface area contributed by atoms with Crippen molar-refractivity contribution < 1.29 is 18.0 Å². The minimum absolute atomic E-state index is 0.217. The molecule has 8 heteroatoms. The van der Waals surface area contributed by atoms with Gasteiger partial charge in [0.1, 0.15) is 6.54 Å². The van der Waals surface area contributed by atoms with Crippen molar-refractivity contribution in [2.45, 2.75) is 13.3 Å². The van der Waals surface area contributed by atoms with Crippen LogP contribution in [0.15, 0.2) is 48.5 Å². The second-order valence-electron chi connectivity index (χ2n) is 6.42. The molecule has 0 bridgehead atoms. The number of benzene rings is 2. The van der Waals surface area contributed by atoms with Crippen LogP contribution >= 0.6 is 0 Å². The fourth-order valence-corrected chi connectivity index (χ4v) is 3.97. The molecule has 0 unspecified atom stereocenters. The normalized spacial score (nSPS) is 13.2. The number of rotatable bonds is 5. The Hall–Kier alpha value is -2.87. The van der Waals surface area contributed by atoms with E-state index in [0.29, 0.717) is 17.9 Å². The molecule has 0 saturated heterocycles. The summed E-state index contributed by atoms with van der Waals surface area (Å²) in [7, 11) is -3.66. The van der Waals surface area contributed by atoms with Crippen molar-refractivity contribution in [1.82, 2.24) is 0 Å². The third kappa shape index (κ3) is 4.28. The van der Waals surface area contributed by atoms with Gasteiger partial charge in [-0.05, 0) is 42.3 Å². The highest BCUT2D eigenvalue weighted by Crippen LogP contribution is 2.28. The van der Waals surface area contributed by atoms with E-state index in [2.05, 4.69) is 5.32 Å². The molecule has 2 amide bonds. The fourth-order valence-electron chi connectivity index (χ4n) is 3.12. The Morgan fingerprint density at radius 1 is 1.11 bits per heavy atom. The van der Waals surface area contributed by atoms with Crippen molar-refractivity contribution >= 4 is 38.9 Å². The molecule has 1 aliphatic heterocycles. The first-order valence-electron chi connectivity index (χ1n) is 8.49. The molecule has 1 N–H and O–H groups in total. The van der Waals surface area contributed by atoms with E-state index in [1.54, 1.807) is 29.2 Å². The van der Waals surface area contributed by atoms with Crippen LogP contribution in [0.4, 0.5) is 17.1 Å². The summed E-state index contributed by atoms with van der Waals surface area (Å²) in [6, 6.07) is 14.0. The highest BCUT2D eigenvalue weighted by Gasteiger charge is 2.28. The van der Waals surface area contributed by atoms with Gasteiger partial charge in [0.15, 0.2) is 0 Å². The lowest BCUT2D eigenvalue weighted by Crippen LogP contribution is -2.42. The number of sulfonamides is 1. The van der Waals surface area contributed by atoms with E-state index in [1.165, 1.54) is 6.92 Å². The SMILES string of the molecule is CC(=O)Nc1ccc(N(CC(=O)N2CCc3ccccc32)S(C)(=O)=O)cc1. The van der Waals surface area contributed by atoms with Gasteiger partial charge in [0, 0.05) is 24.8 Å². The lowest BCUT2D eigenvalue weighted by Gasteiger charge is -2.25. The molecular formula is C19H21N3O4S. The van der Waals surface area contributed by atoms with Gasteiger partial charge in [0.25, 0.3) is 0 Å². The van der Waals surface area contributed by atoms with E-state index in [1.807, 2.05) is 24.3 Å². The molecule has 2 aromatic rings. The fraction of sp³-hybridized carbons (Fsp3) is 0.263. The van der Waals surface area contributed by atoms with Crippen LogP contribution in [-0.4, -0.2) is 39.6 Å². The van der Waals surface area contributed by atoms with Crippen molar-refractivity contribution in [2.24, 2.45) is 0 Å². The van der Waals surface area contributed by atoms with Gasteiger partial charge in [-0.3, -0.25) is 13.9 Å². The molecule has 0 radical (unpaired) electrons. The zero-order valence-electron chi connectivity index (χ0n) is 15.2. The van der Waals surface area contributed by atoms with Gasteiger partial charge in [-0.2, -0.15) is 0 Å². The van der Waals surface area contributed by atoms with Gasteiger partial charge in [-0.25, -0.2) is 8.42 Å². The van der Waals surface area contributed by atoms with Crippen LogP contribution in [0.3, 0.4) is 0 Å². The van der Waals surface area contributed by atoms with Crippen LogP contribution in [0.5, 0.6) is 0 Å². The van der Waals surface area contributed by atoms with E-state index in [4.69, 9.17) is 0 Å². The largest absolute Gasteiger partial charge is 0.326 e. The summed E-state index contributed by atoms with van der Waals surface area (Å²) < 4.78 is 25.6. The molecule has 0 fully saturated rings. The lowest BCUT2D eigenvalue weighted by molar-refractivity contribution is -0.117. The van der Waals surface area contributed by atoms with Gasteiger partial charge in [0.05, 0.1) is 11.9 Å². The zero-order chi connectivity index (χ0) is 19.6. The molecule has 0 spiro atoms. The third-order valence-corrected chi connectivity index (χ3v) is 5.48. The number of carbonyl (C=O) groups is 2. The number of carbonyl (C=O) groups excluding carboxylic acids is 2. The summed E-state index contributed by atoms with van der Waals surface area (Å²) in [5.41, 5.74) is 2.83. The minimum Gasteiger partial charge on any atom is -0.326 e. The Balaban J connectivity index is 1.82. The van der Waals surface area contributed by atoms with Crippen molar-refractivity contribution in [1.29, 1.82) is 0 Å². The van der Waals surface area contributed by atoms with Gasteiger partial charge < -0.3 is 10.2 Å². The van der Waals surface area contributed by atoms with Crippen molar-refractivity contribution in [3.63, 3.8) is 0 Å². The van der Waals surface area contributed by atoms with Crippen molar-refractivity contribution in [3.8, 4) is 0 Å². The van der Waals surface area contributed by atoms with E-state index < -0.39 is 10.0 Å². The minimum atomic E-state index is -3.66. The average Bonchev–Trinajstić information content (AvgIpc) is 3.03. The number of amides is 2. The van der Waals surface area contributed by atoms with Gasteiger partial charge >= 0.3 is 0 Å². The Bertz CT molecular complexity index is 971. The summed E-state index contributed by atoms with van der Waals surface area (Å²) >= 11 is 0. The summed E-state index contributed by atoms with van der Waals surface area (Å²) in [5, 5.41) is 2.62. The second-order valence-corrected chi connectivity index (χ2v) is 8.33. The van der Waals surface area contributed by atoms with Gasteiger partial charge in [-0.1, -0.05) is 18.2 Å². The summed E-state index contributed by atoms with van der Waals surface area (Å²) in [6.45, 7) is 1.65. The molecular weight excluding hydrogens is 366 g/mol. The van der Waals surface area contributed by atoms with Crippen molar-refractivity contribution in [3.05, 3.63) is 54.1 Å². The average molecular weight is 387 g/mol. The summed E-state index contributed by atoms with van der Waals surface area (Å²) in [6.07, 6.45) is 1.83. The maximum absolute atomic E-state index is 12.8. The van der Waals surface area contributed by atoms with E-state index in [0.717, 1.165) is 28.2 Å². The molecule has 3 rings (SSSR count). The lowest BCUT2D eigenvalue weighted by atomic mass is 10.2. The Morgan fingerprint density at radius 2 is 1.78 bits per heavy atom. The number of para-hydroxylation sites is 1. The van der Waals surface area contributed by atoms with Gasteiger partial charge in [0.2, 0.25) is 21.8 Å². The molecule has 1 heterocycles. The number of fused-ring (bicyclic) bond motifs is 1. The topological polar surface area (TPSA) is 86.8 Å². The smallest absolute Gasteiger partial charge is 0.247 e. The molecule has 0 aromatic heterocycles. The monoisotopic (exact) mass is 387 g/mol. The van der Waals surface area contributed by atoms with Crippen molar-refractivity contribution in [2.75, 3.05) is 33.9 Å². The molecule has 0 aliphatic carbocycles. The first-order valence-corrected chi connectivity index (χ1v) is 10.3. The maximum Gasteiger partial charge on any atom is 0.247 e. The van der Waals surface area contributed by atoms with Crippen LogP contribution in [0, 0.1) is 0 Å². The zero-order valence-corrected chi connectivity index (χ0v) is 16.0. The number of hydrogen-bond acceptors (Lipinski definition) is 4. The summed E-state index contributed by atoms with van der Waals surface area (Å²) in [4.78, 5) is 25.6.